The van der Waals surface area contributed by atoms with Crippen molar-refractivity contribution in [3.63, 3.8) is 0 Å². The van der Waals surface area contributed by atoms with E-state index in [9.17, 15) is 29.7 Å². The summed E-state index contributed by atoms with van der Waals surface area (Å²) in [5.74, 6) is -3.78. The molecule has 0 saturated heterocycles. The van der Waals surface area contributed by atoms with Crippen molar-refractivity contribution < 1.29 is 49.8 Å². The number of carboxylic acids is 3. The molecule has 15 nitrogen and oxygen atoms in total. The molecule has 0 amide bonds. The largest absolute Gasteiger partial charge is 3.00 e. The molecule has 6 aromatic rings. The minimum atomic E-state index is -1.53. The van der Waals surface area contributed by atoms with Gasteiger partial charge in [-0.25, -0.2) is 0 Å². The number of nitrogens with one attached hydrogen (secondary N) is 3. The van der Waals surface area contributed by atoms with Gasteiger partial charge in [0.1, 0.15) is 19.0 Å². The van der Waals surface area contributed by atoms with E-state index in [1.165, 1.54) is 19.0 Å². The van der Waals surface area contributed by atoms with Gasteiger partial charge in [0, 0.05) is 33.8 Å². The van der Waals surface area contributed by atoms with Gasteiger partial charge in [-0.05, 0) is 36.4 Å². The summed E-state index contributed by atoms with van der Waals surface area (Å²) in [7, 11) is 0. The summed E-state index contributed by atoms with van der Waals surface area (Å²) in [6, 6.07) is 54.1. The number of carboxylic acid groups (broad SMARTS) is 3. The van der Waals surface area contributed by atoms with Crippen molar-refractivity contribution in [3.8, 4) is 0 Å². The standard InChI is InChI=1S/3C15H13N3O2.Ir/c3*19-14(20)15(12-7-3-1-4-8-12)17-16-11-18(15)13-9-5-2-6-10-13;/h3*1-11,17H,(H,19,20);/q;;;+3/p-3. The van der Waals surface area contributed by atoms with E-state index in [0.29, 0.717) is 33.8 Å². The molecule has 61 heavy (non-hydrogen) atoms. The molecule has 3 aliphatic heterocycles. The van der Waals surface area contributed by atoms with E-state index in [0.717, 1.165) is 0 Å². The van der Waals surface area contributed by atoms with Crippen molar-refractivity contribution in [1.82, 2.24) is 16.3 Å². The fourth-order valence-corrected chi connectivity index (χ4v) is 6.94. The molecule has 9 rings (SSSR count). The number of anilines is 3. The first kappa shape index (κ1) is 42.8. The minimum absolute atomic E-state index is 0. The SMILES string of the molecule is O=C([O-])C1(c2ccccc2)NN=CN1c1ccccc1.O=C([O-])C1(c2ccccc2)NN=CN1c1ccccc1.O=C([O-])C1(c2ccccc2)NN=CN1c1ccccc1.[Ir+3]. The fourth-order valence-electron chi connectivity index (χ4n) is 6.94. The third-order valence-electron chi connectivity index (χ3n) is 9.85. The van der Waals surface area contributed by atoms with E-state index in [2.05, 4.69) is 31.6 Å². The van der Waals surface area contributed by atoms with Crippen molar-refractivity contribution in [2.24, 2.45) is 15.3 Å². The van der Waals surface area contributed by atoms with Crippen molar-refractivity contribution in [2.75, 3.05) is 14.7 Å². The minimum Gasteiger partial charge on any atom is -0.545 e. The molecule has 16 heteroatoms. The number of hydrogen-bond donors (Lipinski definition) is 3. The van der Waals surface area contributed by atoms with Crippen LogP contribution in [0.1, 0.15) is 16.7 Å². The van der Waals surface area contributed by atoms with E-state index in [1.54, 1.807) is 87.5 Å². The maximum atomic E-state index is 11.8. The first-order valence-corrected chi connectivity index (χ1v) is 18.5. The monoisotopic (exact) mass is 991 g/mol. The first-order valence-electron chi connectivity index (χ1n) is 18.5. The predicted octanol–water partition coefficient (Wildman–Crippen LogP) is 1.92. The molecule has 0 spiro atoms. The third kappa shape index (κ3) is 8.13. The first-order chi connectivity index (χ1) is 29.2. The summed E-state index contributed by atoms with van der Waals surface area (Å²) in [5.41, 5.74) is 7.25. The molecule has 3 heterocycles. The van der Waals surface area contributed by atoms with Crippen LogP contribution in [-0.2, 0) is 51.5 Å². The molecule has 3 aliphatic rings. The second-order valence-corrected chi connectivity index (χ2v) is 13.3. The van der Waals surface area contributed by atoms with Crippen LogP contribution in [0.2, 0.25) is 0 Å². The van der Waals surface area contributed by atoms with E-state index >= 15 is 0 Å². The topological polar surface area (TPSA) is 203 Å². The second kappa shape index (κ2) is 18.8. The quantitative estimate of drug-likeness (QED) is 0.190. The zero-order valence-electron chi connectivity index (χ0n) is 32.0. The Bertz CT molecular complexity index is 2210. The smallest absolute Gasteiger partial charge is 0.545 e. The molecular weight excluding hydrogens is 955 g/mol. The predicted molar refractivity (Wildman–Crippen MR) is 221 cm³/mol. The Hall–Kier alpha value is -7.81. The van der Waals surface area contributed by atoms with Crippen LogP contribution < -0.4 is 46.3 Å². The molecule has 6 aromatic carbocycles. The van der Waals surface area contributed by atoms with Gasteiger partial charge in [0.2, 0.25) is 0 Å². The molecule has 0 bridgehead atoms. The average Bonchev–Trinajstić information content (AvgIpc) is 4.08. The van der Waals surface area contributed by atoms with Gasteiger partial charge in [0.15, 0.2) is 17.0 Å². The zero-order valence-corrected chi connectivity index (χ0v) is 34.4. The van der Waals surface area contributed by atoms with Gasteiger partial charge >= 0.3 is 20.1 Å². The third-order valence-corrected chi connectivity index (χ3v) is 9.85. The Kier molecular flexibility index (Phi) is 13.2. The van der Waals surface area contributed by atoms with Crippen molar-refractivity contribution in [1.29, 1.82) is 0 Å². The summed E-state index contributed by atoms with van der Waals surface area (Å²) < 4.78 is 0. The number of benzene rings is 6. The van der Waals surface area contributed by atoms with Crippen LogP contribution in [-0.4, -0.2) is 36.9 Å². The van der Waals surface area contributed by atoms with Crippen molar-refractivity contribution in [2.45, 2.75) is 17.0 Å². The van der Waals surface area contributed by atoms with Crippen LogP contribution in [0, 0.1) is 0 Å². The Balaban J connectivity index is 0.000000152. The van der Waals surface area contributed by atoms with Crippen LogP contribution in [0.15, 0.2) is 197 Å². The van der Waals surface area contributed by atoms with Gasteiger partial charge < -0.3 is 29.7 Å². The zero-order chi connectivity index (χ0) is 42.0. The van der Waals surface area contributed by atoms with E-state index in [1.807, 2.05) is 109 Å². The number of rotatable bonds is 9. The molecule has 0 fully saturated rings. The molecular formula is C45H36IrN9O6. The maximum Gasteiger partial charge on any atom is 3.00 e. The van der Waals surface area contributed by atoms with Crippen LogP contribution in [0.3, 0.4) is 0 Å². The number of hydrazone groups is 3. The molecule has 3 unspecified atom stereocenters. The summed E-state index contributed by atoms with van der Waals surface area (Å²) in [5, 5.41) is 47.2. The van der Waals surface area contributed by atoms with Gasteiger partial charge in [0.25, 0.3) is 0 Å². The number of aliphatic carboxylic acids is 3. The number of carbonyl (C=O) groups excluding carboxylic acids is 3. The summed E-state index contributed by atoms with van der Waals surface area (Å²) >= 11 is 0. The average molecular weight is 991 g/mol. The number of nitrogens with zero attached hydrogens (tertiary/aromatic N) is 6. The van der Waals surface area contributed by atoms with Crippen molar-refractivity contribution in [3.05, 3.63) is 199 Å². The number of para-hydroxylation sites is 3. The molecule has 0 radical (unpaired) electrons. The molecule has 306 valence electrons. The summed E-state index contributed by atoms with van der Waals surface area (Å²) in [4.78, 5) is 40.1. The molecule has 3 N–H and O–H groups in total. The number of carbonyl (C=O) groups is 3. The molecule has 0 saturated carbocycles. The maximum absolute atomic E-state index is 11.8. The normalized spacial score (nSPS) is 20.4. The molecule has 0 aromatic heterocycles. The Morgan fingerprint density at radius 1 is 0.361 bits per heavy atom. The summed E-state index contributed by atoms with van der Waals surface area (Å²) in [6.45, 7) is 0. The Morgan fingerprint density at radius 3 is 0.754 bits per heavy atom. The van der Waals surface area contributed by atoms with Crippen LogP contribution in [0.25, 0.3) is 0 Å². The summed E-state index contributed by atoms with van der Waals surface area (Å²) in [6.07, 6.45) is 4.37. The van der Waals surface area contributed by atoms with E-state index < -0.39 is 34.9 Å². The second-order valence-electron chi connectivity index (χ2n) is 13.3. The fraction of sp³-hybridized carbons (Fsp3) is 0.0667. The van der Waals surface area contributed by atoms with Gasteiger partial charge in [-0.15, -0.1) is 0 Å². The Labute approximate surface area is 364 Å². The van der Waals surface area contributed by atoms with E-state index in [-0.39, 0.29) is 20.1 Å². The van der Waals surface area contributed by atoms with Gasteiger partial charge in [-0.2, -0.15) is 15.3 Å². The molecule has 0 aliphatic carbocycles. The van der Waals surface area contributed by atoms with Gasteiger partial charge in [0.05, 0.1) is 17.9 Å². The van der Waals surface area contributed by atoms with Gasteiger partial charge in [-0.1, -0.05) is 146 Å². The van der Waals surface area contributed by atoms with Crippen LogP contribution >= 0.6 is 0 Å². The molecule has 3 atom stereocenters. The van der Waals surface area contributed by atoms with Crippen LogP contribution in [0.4, 0.5) is 17.1 Å². The van der Waals surface area contributed by atoms with Gasteiger partial charge in [-0.3, -0.25) is 31.0 Å². The van der Waals surface area contributed by atoms with E-state index in [4.69, 9.17) is 0 Å². The van der Waals surface area contributed by atoms with Crippen molar-refractivity contribution >= 4 is 54.0 Å². The number of hydrogen-bond acceptors (Lipinski definition) is 15. The Morgan fingerprint density at radius 2 is 0.557 bits per heavy atom. The van der Waals surface area contributed by atoms with Crippen LogP contribution in [0.5, 0.6) is 0 Å².